The molecule has 0 spiro atoms. The highest BCUT2D eigenvalue weighted by Gasteiger charge is 2.15. The quantitative estimate of drug-likeness (QED) is 0.930. The van der Waals surface area contributed by atoms with Crippen LogP contribution < -0.4 is 9.64 Å². The molecule has 2 rings (SSSR count). The minimum Gasteiger partial charge on any atom is -0.497 e. The fraction of sp³-hybridized carbons (Fsp3) is 0.133. The highest BCUT2D eigenvalue weighted by Crippen LogP contribution is 2.29. The average molecular weight is 275 g/mol. The first-order valence-electron chi connectivity index (χ1n) is 5.93. The lowest BCUT2D eigenvalue weighted by molar-refractivity contribution is 0.0697. The maximum atomic E-state index is 13.2. The van der Waals surface area contributed by atoms with Crippen molar-refractivity contribution in [1.82, 2.24) is 0 Å². The molecule has 0 atom stereocenters. The molecule has 0 saturated heterocycles. The molecule has 0 radical (unpaired) electrons. The van der Waals surface area contributed by atoms with Crippen molar-refractivity contribution in [3.8, 4) is 5.75 Å². The fourth-order valence-corrected chi connectivity index (χ4v) is 1.92. The largest absolute Gasteiger partial charge is 0.497 e. The number of nitrogens with zero attached hydrogens (tertiary/aromatic N) is 1. The van der Waals surface area contributed by atoms with Gasteiger partial charge in [-0.2, -0.15) is 0 Å². The van der Waals surface area contributed by atoms with Crippen molar-refractivity contribution in [2.45, 2.75) is 0 Å². The molecule has 1 N–H and O–H groups in total. The topological polar surface area (TPSA) is 49.8 Å². The van der Waals surface area contributed by atoms with Gasteiger partial charge in [0.15, 0.2) is 0 Å². The Hall–Kier alpha value is -2.56. The Balaban J connectivity index is 2.41. The van der Waals surface area contributed by atoms with Crippen LogP contribution in [0.15, 0.2) is 42.5 Å². The van der Waals surface area contributed by atoms with E-state index in [0.717, 1.165) is 11.8 Å². The average Bonchev–Trinajstić information content (AvgIpc) is 2.46. The molecule has 2 aromatic rings. The zero-order chi connectivity index (χ0) is 14.7. The molecule has 0 aliphatic carbocycles. The molecule has 0 unspecified atom stereocenters. The minimum absolute atomic E-state index is 0.0803. The van der Waals surface area contributed by atoms with Crippen LogP contribution in [0.3, 0.4) is 0 Å². The highest BCUT2D eigenvalue weighted by atomic mass is 19.1. The molecule has 0 fully saturated rings. The summed E-state index contributed by atoms with van der Waals surface area (Å²) in [5.41, 5.74) is 1.12. The Labute approximate surface area is 116 Å². The smallest absolute Gasteiger partial charge is 0.337 e. The molecule has 2 aromatic carbocycles. The summed E-state index contributed by atoms with van der Waals surface area (Å²) in [6.07, 6.45) is 0. The predicted octanol–water partition coefficient (Wildman–Crippen LogP) is 3.30. The number of ether oxygens (including phenoxy) is 1. The molecule has 104 valence electrons. The molecular formula is C15H14FNO3. The Morgan fingerprint density at radius 2 is 1.85 bits per heavy atom. The minimum atomic E-state index is -1.17. The maximum absolute atomic E-state index is 13.2. The third-order valence-electron chi connectivity index (χ3n) is 3.01. The summed E-state index contributed by atoms with van der Waals surface area (Å²) in [6.45, 7) is 0. The van der Waals surface area contributed by atoms with E-state index in [9.17, 15) is 9.18 Å². The van der Waals surface area contributed by atoms with E-state index in [1.807, 2.05) is 0 Å². The van der Waals surface area contributed by atoms with E-state index in [1.54, 1.807) is 43.3 Å². The Morgan fingerprint density at radius 3 is 2.40 bits per heavy atom. The third-order valence-corrected chi connectivity index (χ3v) is 3.01. The Kier molecular flexibility index (Phi) is 3.89. The van der Waals surface area contributed by atoms with Gasteiger partial charge in [-0.1, -0.05) is 0 Å². The summed E-state index contributed by atoms with van der Waals surface area (Å²) >= 11 is 0. The molecule has 0 heterocycles. The summed E-state index contributed by atoms with van der Waals surface area (Å²) in [7, 11) is 3.29. The SMILES string of the molecule is COc1ccc(N(C)c2ccc(F)cc2C(=O)O)cc1. The second-order valence-electron chi connectivity index (χ2n) is 4.22. The normalized spacial score (nSPS) is 10.2. The number of rotatable bonds is 4. The van der Waals surface area contributed by atoms with Crippen molar-refractivity contribution in [2.24, 2.45) is 0 Å². The molecule has 4 nitrogen and oxygen atoms in total. The second-order valence-corrected chi connectivity index (χ2v) is 4.22. The van der Waals surface area contributed by atoms with E-state index in [4.69, 9.17) is 9.84 Å². The van der Waals surface area contributed by atoms with Gasteiger partial charge in [-0.3, -0.25) is 0 Å². The van der Waals surface area contributed by atoms with E-state index >= 15 is 0 Å². The van der Waals surface area contributed by atoms with Crippen molar-refractivity contribution < 1.29 is 19.0 Å². The summed E-state index contributed by atoms with van der Waals surface area (Å²) in [5.74, 6) is -1.03. The molecule has 5 heteroatoms. The molecule has 0 bridgehead atoms. The van der Waals surface area contributed by atoms with Gasteiger partial charge in [0, 0.05) is 12.7 Å². The predicted molar refractivity (Wildman–Crippen MR) is 74.4 cm³/mol. The van der Waals surface area contributed by atoms with Crippen LogP contribution >= 0.6 is 0 Å². The summed E-state index contributed by atoms with van der Waals surface area (Å²) in [4.78, 5) is 12.9. The zero-order valence-electron chi connectivity index (χ0n) is 11.1. The van der Waals surface area contributed by atoms with E-state index in [2.05, 4.69) is 0 Å². The number of carboxylic acids is 1. The van der Waals surface area contributed by atoms with E-state index in [-0.39, 0.29) is 5.56 Å². The number of benzene rings is 2. The molecule has 0 aliphatic heterocycles. The molecule has 0 aliphatic rings. The number of hydrogen-bond acceptors (Lipinski definition) is 3. The molecular weight excluding hydrogens is 261 g/mol. The molecule has 20 heavy (non-hydrogen) atoms. The first-order valence-corrected chi connectivity index (χ1v) is 5.93. The number of anilines is 2. The maximum Gasteiger partial charge on any atom is 0.337 e. The van der Waals surface area contributed by atoms with Crippen molar-refractivity contribution in [1.29, 1.82) is 0 Å². The summed E-state index contributed by atoms with van der Waals surface area (Å²) in [6, 6.07) is 10.8. The zero-order valence-corrected chi connectivity index (χ0v) is 11.1. The summed E-state index contributed by atoms with van der Waals surface area (Å²) in [5, 5.41) is 9.15. The molecule has 0 amide bonds. The van der Waals surface area contributed by atoms with Crippen LogP contribution in [-0.4, -0.2) is 25.2 Å². The van der Waals surface area contributed by atoms with Gasteiger partial charge in [-0.15, -0.1) is 0 Å². The van der Waals surface area contributed by atoms with Crippen LogP contribution in [-0.2, 0) is 0 Å². The number of halogens is 1. The van der Waals surface area contributed by atoms with E-state index < -0.39 is 11.8 Å². The van der Waals surface area contributed by atoms with Crippen LogP contribution in [0.2, 0.25) is 0 Å². The lowest BCUT2D eigenvalue weighted by atomic mass is 10.1. The highest BCUT2D eigenvalue weighted by molar-refractivity contribution is 5.95. The number of aromatic carboxylic acids is 1. The van der Waals surface area contributed by atoms with E-state index in [1.165, 1.54) is 12.1 Å². The van der Waals surface area contributed by atoms with Crippen molar-refractivity contribution >= 4 is 17.3 Å². The van der Waals surface area contributed by atoms with Crippen LogP contribution in [0.1, 0.15) is 10.4 Å². The van der Waals surface area contributed by atoms with Gasteiger partial charge < -0.3 is 14.7 Å². The monoisotopic (exact) mass is 275 g/mol. The van der Waals surface area contributed by atoms with Gasteiger partial charge in [0.2, 0.25) is 0 Å². The van der Waals surface area contributed by atoms with Gasteiger partial charge in [0.05, 0.1) is 18.4 Å². The Morgan fingerprint density at radius 1 is 1.20 bits per heavy atom. The fourth-order valence-electron chi connectivity index (χ4n) is 1.92. The first-order chi connectivity index (χ1) is 9.52. The van der Waals surface area contributed by atoms with Crippen LogP contribution in [0.25, 0.3) is 0 Å². The number of carbonyl (C=O) groups is 1. The van der Waals surface area contributed by atoms with Gasteiger partial charge in [-0.25, -0.2) is 9.18 Å². The van der Waals surface area contributed by atoms with Gasteiger partial charge in [-0.05, 0) is 42.5 Å². The second kappa shape index (κ2) is 5.61. The number of hydrogen-bond donors (Lipinski definition) is 1. The Bertz CT molecular complexity index is 626. The first kappa shape index (κ1) is 13.9. The van der Waals surface area contributed by atoms with E-state index in [0.29, 0.717) is 11.4 Å². The lowest BCUT2D eigenvalue weighted by Gasteiger charge is -2.21. The van der Waals surface area contributed by atoms with Crippen LogP contribution in [0.4, 0.5) is 15.8 Å². The number of methoxy groups -OCH3 is 1. The van der Waals surface area contributed by atoms with Crippen molar-refractivity contribution in [3.05, 3.63) is 53.8 Å². The van der Waals surface area contributed by atoms with Crippen molar-refractivity contribution in [2.75, 3.05) is 19.1 Å². The standard InChI is InChI=1S/C15H14FNO3/c1-17(11-4-6-12(20-2)7-5-11)14-8-3-10(16)9-13(14)15(18)19/h3-9H,1-2H3,(H,18,19). The molecule has 0 aromatic heterocycles. The molecule has 0 saturated carbocycles. The van der Waals surface area contributed by atoms with Crippen LogP contribution in [0.5, 0.6) is 5.75 Å². The van der Waals surface area contributed by atoms with Gasteiger partial charge in [0.25, 0.3) is 0 Å². The van der Waals surface area contributed by atoms with Gasteiger partial charge in [0.1, 0.15) is 11.6 Å². The van der Waals surface area contributed by atoms with Gasteiger partial charge >= 0.3 is 5.97 Å². The third kappa shape index (κ3) is 2.71. The number of carboxylic acid groups (broad SMARTS) is 1. The van der Waals surface area contributed by atoms with Crippen LogP contribution in [0, 0.1) is 5.82 Å². The lowest BCUT2D eigenvalue weighted by Crippen LogP contribution is -2.14. The van der Waals surface area contributed by atoms with Crippen molar-refractivity contribution in [3.63, 3.8) is 0 Å². The summed E-state index contributed by atoms with van der Waals surface area (Å²) < 4.78 is 18.2.